The average Bonchev–Trinajstić information content (AvgIpc) is 3.18. The number of imide groups is 1. The summed E-state index contributed by atoms with van der Waals surface area (Å²) in [5, 5.41) is 5.07. The number of carbonyl (C=O) groups excluding carboxylic acids is 2. The van der Waals surface area contributed by atoms with Crippen molar-refractivity contribution in [3.8, 4) is 0 Å². The fourth-order valence-electron chi connectivity index (χ4n) is 4.30. The Bertz CT molecular complexity index is 685. The van der Waals surface area contributed by atoms with E-state index in [1.165, 1.54) is 9.78 Å². The normalized spacial score (nSPS) is 26.1. The van der Waals surface area contributed by atoms with Crippen molar-refractivity contribution in [1.29, 1.82) is 0 Å². The Balaban J connectivity index is 1.67. The molecule has 5 nitrogen and oxygen atoms in total. The zero-order valence-electron chi connectivity index (χ0n) is 16.7. The molecule has 2 aliphatic rings. The lowest BCUT2D eigenvalue weighted by Crippen LogP contribution is -2.51. The summed E-state index contributed by atoms with van der Waals surface area (Å²) in [6.07, 6.45) is 5.25. The molecule has 3 rings (SSSR count). The Morgan fingerprint density at radius 3 is 2.63 bits per heavy atom. The highest BCUT2D eigenvalue weighted by Gasteiger charge is 2.53. The van der Waals surface area contributed by atoms with E-state index in [4.69, 9.17) is 0 Å². The minimum atomic E-state index is -0.693. The minimum Gasteiger partial charge on any atom is -0.323 e. The third-order valence-corrected chi connectivity index (χ3v) is 6.86. The fourth-order valence-corrected chi connectivity index (χ4v) is 5.04. The third kappa shape index (κ3) is 4.27. The van der Waals surface area contributed by atoms with Crippen LogP contribution in [0.5, 0.6) is 0 Å². The van der Waals surface area contributed by atoms with Crippen LogP contribution in [0.3, 0.4) is 0 Å². The molecule has 1 saturated carbocycles. The van der Waals surface area contributed by atoms with Gasteiger partial charge >= 0.3 is 6.03 Å². The van der Waals surface area contributed by atoms with Gasteiger partial charge < -0.3 is 5.32 Å². The Kier molecular flexibility index (Phi) is 5.77. The minimum absolute atomic E-state index is 0.0555. The van der Waals surface area contributed by atoms with Crippen LogP contribution in [0.25, 0.3) is 0 Å². The number of urea groups is 1. The SMILES string of the molecule is C=CCN(Cc1cccs1)CN1C(=O)NC2(CCC(C(C)(C)C)CC2)C1=O. The van der Waals surface area contributed by atoms with E-state index in [-0.39, 0.29) is 17.4 Å². The summed E-state index contributed by atoms with van der Waals surface area (Å²) in [5.41, 5.74) is -0.448. The molecule has 148 valence electrons. The molecule has 1 saturated heterocycles. The van der Waals surface area contributed by atoms with Crippen molar-refractivity contribution in [3.63, 3.8) is 0 Å². The molecule has 2 fully saturated rings. The molecule has 0 aromatic carbocycles. The summed E-state index contributed by atoms with van der Waals surface area (Å²) in [7, 11) is 0. The summed E-state index contributed by atoms with van der Waals surface area (Å²) < 4.78 is 0. The topological polar surface area (TPSA) is 52.6 Å². The Labute approximate surface area is 166 Å². The second kappa shape index (κ2) is 7.76. The molecule has 6 heteroatoms. The van der Waals surface area contributed by atoms with E-state index in [0.717, 1.165) is 25.7 Å². The van der Waals surface area contributed by atoms with Crippen molar-refractivity contribution in [2.45, 2.75) is 58.5 Å². The van der Waals surface area contributed by atoms with Gasteiger partial charge in [0.05, 0.1) is 6.67 Å². The molecule has 1 aliphatic heterocycles. The van der Waals surface area contributed by atoms with Crippen LogP contribution in [0.4, 0.5) is 4.79 Å². The Hall–Kier alpha value is -1.66. The quantitative estimate of drug-likeness (QED) is 0.585. The molecule has 0 atom stereocenters. The van der Waals surface area contributed by atoms with E-state index in [9.17, 15) is 9.59 Å². The molecule has 3 amide bonds. The third-order valence-electron chi connectivity index (χ3n) is 6.00. The Morgan fingerprint density at radius 1 is 1.37 bits per heavy atom. The lowest BCUT2D eigenvalue weighted by Gasteiger charge is -2.40. The predicted octanol–water partition coefficient (Wildman–Crippen LogP) is 4.22. The highest BCUT2D eigenvalue weighted by molar-refractivity contribution is 7.09. The molecule has 0 unspecified atom stereocenters. The van der Waals surface area contributed by atoms with Crippen molar-refractivity contribution in [1.82, 2.24) is 15.1 Å². The van der Waals surface area contributed by atoms with Crippen LogP contribution >= 0.6 is 11.3 Å². The van der Waals surface area contributed by atoms with Crippen LogP contribution in [0.15, 0.2) is 30.2 Å². The number of hydrogen-bond donors (Lipinski definition) is 1. The van der Waals surface area contributed by atoms with Crippen molar-refractivity contribution in [3.05, 3.63) is 35.0 Å². The molecular formula is C21H31N3O2S. The van der Waals surface area contributed by atoms with E-state index >= 15 is 0 Å². The predicted molar refractivity (Wildman–Crippen MR) is 109 cm³/mol. The van der Waals surface area contributed by atoms with Crippen LogP contribution in [0.1, 0.15) is 51.3 Å². The highest BCUT2D eigenvalue weighted by atomic mass is 32.1. The summed E-state index contributed by atoms with van der Waals surface area (Å²) in [4.78, 5) is 30.5. The number of nitrogens with zero attached hydrogens (tertiary/aromatic N) is 2. The van der Waals surface area contributed by atoms with Gasteiger partial charge in [0, 0.05) is 18.0 Å². The monoisotopic (exact) mass is 389 g/mol. The van der Waals surface area contributed by atoms with E-state index in [1.807, 2.05) is 17.5 Å². The smallest absolute Gasteiger partial charge is 0.323 e. The summed E-state index contributed by atoms with van der Waals surface area (Å²) >= 11 is 1.68. The van der Waals surface area contributed by atoms with Gasteiger partial charge in [-0.2, -0.15) is 0 Å². The van der Waals surface area contributed by atoms with Crippen LogP contribution in [-0.2, 0) is 11.3 Å². The zero-order chi connectivity index (χ0) is 19.7. The fraction of sp³-hybridized carbons (Fsp3) is 0.619. The standard InChI is InChI=1S/C21H31N3O2S/c1-5-12-23(14-17-7-6-13-27-17)15-24-18(25)21(22-19(24)26)10-8-16(9-11-21)20(2,3)4/h5-7,13,16H,1,8-12,14-15H2,2-4H3,(H,22,26). The molecule has 1 aromatic heterocycles. The van der Waals surface area contributed by atoms with Gasteiger partial charge in [0.25, 0.3) is 5.91 Å². The van der Waals surface area contributed by atoms with E-state index < -0.39 is 5.54 Å². The number of carbonyl (C=O) groups is 2. The number of hydrogen-bond acceptors (Lipinski definition) is 4. The van der Waals surface area contributed by atoms with Crippen LogP contribution < -0.4 is 5.32 Å². The van der Waals surface area contributed by atoms with Crippen LogP contribution in [-0.4, -0.2) is 40.5 Å². The van der Waals surface area contributed by atoms with Crippen molar-refractivity contribution >= 4 is 23.3 Å². The molecule has 1 aliphatic carbocycles. The van der Waals surface area contributed by atoms with E-state index in [2.05, 4.69) is 43.6 Å². The van der Waals surface area contributed by atoms with Gasteiger partial charge in [0.1, 0.15) is 5.54 Å². The van der Waals surface area contributed by atoms with Gasteiger partial charge in [-0.15, -0.1) is 17.9 Å². The van der Waals surface area contributed by atoms with Gasteiger partial charge in [0.15, 0.2) is 0 Å². The highest BCUT2D eigenvalue weighted by Crippen LogP contribution is 2.43. The second-order valence-corrected chi connectivity index (χ2v) is 9.94. The number of amides is 3. The van der Waals surface area contributed by atoms with Gasteiger partial charge in [-0.3, -0.25) is 9.69 Å². The van der Waals surface area contributed by atoms with E-state index in [0.29, 0.717) is 25.7 Å². The number of thiophene rings is 1. The Morgan fingerprint density at radius 2 is 2.07 bits per heavy atom. The lowest BCUT2D eigenvalue weighted by atomic mass is 9.67. The molecule has 2 heterocycles. The molecule has 1 aromatic rings. The van der Waals surface area contributed by atoms with Crippen molar-refractivity contribution in [2.75, 3.05) is 13.2 Å². The number of nitrogens with one attached hydrogen (secondary N) is 1. The largest absolute Gasteiger partial charge is 0.326 e. The van der Waals surface area contributed by atoms with Crippen LogP contribution in [0, 0.1) is 11.3 Å². The van der Waals surface area contributed by atoms with Gasteiger partial charge in [-0.05, 0) is 48.5 Å². The van der Waals surface area contributed by atoms with Gasteiger partial charge in [-0.25, -0.2) is 9.69 Å². The van der Waals surface area contributed by atoms with Crippen molar-refractivity contribution < 1.29 is 9.59 Å². The lowest BCUT2D eigenvalue weighted by molar-refractivity contribution is -0.134. The summed E-state index contributed by atoms with van der Waals surface area (Å²) in [6.45, 7) is 12.2. The second-order valence-electron chi connectivity index (χ2n) is 8.91. The molecule has 0 radical (unpaired) electrons. The average molecular weight is 390 g/mol. The molecule has 0 bridgehead atoms. The summed E-state index contributed by atoms with van der Waals surface area (Å²) in [5.74, 6) is 0.540. The summed E-state index contributed by atoms with van der Waals surface area (Å²) in [6, 6.07) is 3.83. The molecule has 1 N–H and O–H groups in total. The number of rotatable bonds is 6. The maximum atomic E-state index is 13.2. The molecule has 1 spiro atoms. The molecule has 27 heavy (non-hydrogen) atoms. The molecular weight excluding hydrogens is 358 g/mol. The zero-order valence-corrected chi connectivity index (χ0v) is 17.5. The van der Waals surface area contributed by atoms with Gasteiger partial charge in [0.2, 0.25) is 0 Å². The van der Waals surface area contributed by atoms with E-state index in [1.54, 1.807) is 11.3 Å². The first-order valence-corrected chi connectivity index (χ1v) is 10.6. The maximum absolute atomic E-state index is 13.2. The maximum Gasteiger partial charge on any atom is 0.326 e. The van der Waals surface area contributed by atoms with Crippen LogP contribution in [0.2, 0.25) is 0 Å². The van der Waals surface area contributed by atoms with Gasteiger partial charge in [-0.1, -0.05) is 32.9 Å². The first kappa shape index (κ1) is 20.1. The first-order chi connectivity index (χ1) is 12.7. The van der Waals surface area contributed by atoms with Crippen molar-refractivity contribution in [2.24, 2.45) is 11.3 Å². The first-order valence-electron chi connectivity index (χ1n) is 9.75.